The van der Waals surface area contributed by atoms with Crippen LogP contribution in [0.15, 0.2) is 23.3 Å². The van der Waals surface area contributed by atoms with Crippen LogP contribution in [0.25, 0.3) is 0 Å². The van der Waals surface area contributed by atoms with Crippen LogP contribution in [0, 0.1) is 0 Å². The molecule has 0 radical (unpaired) electrons. The molecule has 4 heteroatoms. The summed E-state index contributed by atoms with van der Waals surface area (Å²) in [6.07, 6.45) is 6.65. The van der Waals surface area contributed by atoms with Gasteiger partial charge in [0.25, 0.3) is 0 Å². The Morgan fingerprint density at radius 3 is 2.59 bits per heavy atom. The van der Waals surface area contributed by atoms with Crippen LogP contribution < -0.4 is 0 Å². The van der Waals surface area contributed by atoms with Crippen LogP contribution in [0.4, 0.5) is 0 Å². The molecule has 1 aliphatic rings. The number of phenols is 1. The highest BCUT2D eigenvalue weighted by molar-refractivity contribution is 6.30. The number of nitrogens with zero attached hydrogens (tertiary/aromatic N) is 2. The topological polar surface area (TPSA) is 35.8 Å². The van der Waals surface area contributed by atoms with Crippen molar-refractivity contribution in [2.45, 2.75) is 25.7 Å². The Morgan fingerprint density at radius 2 is 1.88 bits per heavy atom. The van der Waals surface area contributed by atoms with Crippen molar-refractivity contribution < 1.29 is 5.11 Å². The fourth-order valence-corrected chi connectivity index (χ4v) is 2.12. The molecule has 1 aromatic carbocycles. The van der Waals surface area contributed by atoms with Gasteiger partial charge in [-0.2, -0.15) is 5.10 Å². The minimum Gasteiger partial charge on any atom is -0.507 e. The molecule has 1 N–H and O–H groups in total. The van der Waals surface area contributed by atoms with Crippen molar-refractivity contribution in [2.24, 2.45) is 5.10 Å². The number of rotatable bonds is 2. The van der Waals surface area contributed by atoms with E-state index in [2.05, 4.69) is 10.1 Å². The molecule has 3 nitrogen and oxygen atoms in total. The molecule has 1 fully saturated rings. The second kappa shape index (κ2) is 5.92. The van der Waals surface area contributed by atoms with E-state index < -0.39 is 0 Å². The number of hydrogen-bond acceptors (Lipinski definition) is 3. The van der Waals surface area contributed by atoms with Gasteiger partial charge in [0, 0.05) is 23.7 Å². The van der Waals surface area contributed by atoms with Crippen LogP contribution in [-0.4, -0.2) is 29.4 Å². The van der Waals surface area contributed by atoms with Gasteiger partial charge in [0.1, 0.15) is 5.75 Å². The summed E-state index contributed by atoms with van der Waals surface area (Å²) in [5.74, 6) is 0.216. The van der Waals surface area contributed by atoms with Crippen molar-refractivity contribution >= 4 is 17.8 Å². The second-order valence-corrected chi connectivity index (χ2v) is 4.75. The van der Waals surface area contributed by atoms with Crippen molar-refractivity contribution in [2.75, 3.05) is 13.1 Å². The SMILES string of the molecule is Oc1ccc(Cl)cc1/C=N\N1CCCCCC1. The fourth-order valence-electron chi connectivity index (χ4n) is 1.94. The maximum atomic E-state index is 9.65. The van der Waals surface area contributed by atoms with Crippen molar-refractivity contribution in [3.05, 3.63) is 28.8 Å². The summed E-state index contributed by atoms with van der Waals surface area (Å²) in [5, 5.41) is 16.7. The van der Waals surface area contributed by atoms with E-state index in [1.54, 1.807) is 24.4 Å². The fraction of sp³-hybridized carbons (Fsp3) is 0.462. The third-order valence-electron chi connectivity index (χ3n) is 2.93. The zero-order valence-corrected chi connectivity index (χ0v) is 10.5. The Balaban J connectivity index is 2.05. The van der Waals surface area contributed by atoms with Gasteiger partial charge in [0.2, 0.25) is 0 Å². The van der Waals surface area contributed by atoms with Gasteiger partial charge in [-0.15, -0.1) is 0 Å². The number of phenolic OH excluding ortho intramolecular Hbond substituents is 1. The minimum atomic E-state index is 0.216. The zero-order chi connectivity index (χ0) is 12.1. The number of aromatic hydroxyl groups is 1. The first-order valence-corrected chi connectivity index (χ1v) is 6.41. The van der Waals surface area contributed by atoms with Crippen molar-refractivity contribution in [3.8, 4) is 5.75 Å². The van der Waals surface area contributed by atoms with Crippen LogP contribution in [-0.2, 0) is 0 Å². The summed E-state index contributed by atoms with van der Waals surface area (Å²) in [6, 6.07) is 4.98. The molecule has 0 unspecified atom stereocenters. The molecule has 0 amide bonds. The summed E-state index contributed by atoms with van der Waals surface area (Å²) >= 11 is 5.88. The van der Waals surface area contributed by atoms with Gasteiger partial charge in [-0.3, -0.25) is 5.01 Å². The second-order valence-electron chi connectivity index (χ2n) is 4.32. The predicted molar refractivity (Wildman–Crippen MR) is 70.8 cm³/mol. The zero-order valence-electron chi connectivity index (χ0n) is 9.77. The molecule has 1 aliphatic heterocycles. The summed E-state index contributed by atoms with van der Waals surface area (Å²) in [6.45, 7) is 2.00. The molecule has 0 aliphatic carbocycles. The van der Waals surface area contributed by atoms with E-state index in [9.17, 15) is 5.11 Å². The molecule has 17 heavy (non-hydrogen) atoms. The highest BCUT2D eigenvalue weighted by Crippen LogP contribution is 2.20. The lowest BCUT2D eigenvalue weighted by Gasteiger charge is -2.15. The van der Waals surface area contributed by atoms with E-state index in [0.29, 0.717) is 10.6 Å². The highest BCUT2D eigenvalue weighted by atomic mass is 35.5. The smallest absolute Gasteiger partial charge is 0.124 e. The van der Waals surface area contributed by atoms with E-state index >= 15 is 0 Å². The first kappa shape index (κ1) is 12.2. The van der Waals surface area contributed by atoms with Crippen molar-refractivity contribution in [1.29, 1.82) is 0 Å². The average molecular weight is 253 g/mol. The Bertz CT molecular complexity index is 398. The molecule has 92 valence electrons. The molecule has 2 rings (SSSR count). The maximum absolute atomic E-state index is 9.65. The Hall–Kier alpha value is -1.22. The Kier molecular flexibility index (Phi) is 4.26. The maximum Gasteiger partial charge on any atom is 0.124 e. The molecule has 1 heterocycles. The summed E-state index contributed by atoms with van der Waals surface area (Å²) in [7, 11) is 0. The van der Waals surface area contributed by atoms with E-state index in [1.165, 1.54) is 25.7 Å². The molecule has 1 saturated heterocycles. The quantitative estimate of drug-likeness (QED) is 0.820. The average Bonchev–Trinajstić information content (AvgIpc) is 2.59. The normalized spacial score (nSPS) is 17.4. The van der Waals surface area contributed by atoms with Gasteiger partial charge >= 0.3 is 0 Å². The Labute approximate surface area is 107 Å². The monoisotopic (exact) mass is 252 g/mol. The minimum absolute atomic E-state index is 0.216. The first-order chi connectivity index (χ1) is 8.25. The van der Waals surface area contributed by atoms with Crippen molar-refractivity contribution in [3.63, 3.8) is 0 Å². The van der Waals surface area contributed by atoms with Gasteiger partial charge in [-0.1, -0.05) is 24.4 Å². The van der Waals surface area contributed by atoms with Crippen LogP contribution in [0.3, 0.4) is 0 Å². The lowest BCUT2D eigenvalue weighted by atomic mass is 10.2. The van der Waals surface area contributed by atoms with Crippen LogP contribution in [0.1, 0.15) is 31.2 Å². The van der Waals surface area contributed by atoms with Gasteiger partial charge in [-0.05, 0) is 31.0 Å². The third kappa shape index (κ3) is 3.63. The molecule has 0 atom stereocenters. The highest BCUT2D eigenvalue weighted by Gasteiger charge is 2.06. The lowest BCUT2D eigenvalue weighted by Crippen LogP contribution is -2.18. The van der Waals surface area contributed by atoms with Crippen LogP contribution in [0.2, 0.25) is 5.02 Å². The molecule has 0 aromatic heterocycles. The molecule has 0 spiro atoms. The molecular formula is C13H17ClN2O. The van der Waals surface area contributed by atoms with E-state index in [-0.39, 0.29) is 5.75 Å². The largest absolute Gasteiger partial charge is 0.507 e. The number of hydrazone groups is 1. The summed E-state index contributed by atoms with van der Waals surface area (Å²) < 4.78 is 0. The van der Waals surface area contributed by atoms with Gasteiger partial charge in [0.15, 0.2) is 0 Å². The van der Waals surface area contributed by atoms with E-state index in [1.807, 2.05) is 0 Å². The van der Waals surface area contributed by atoms with Gasteiger partial charge < -0.3 is 5.11 Å². The molecular weight excluding hydrogens is 236 g/mol. The third-order valence-corrected chi connectivity index (χ3v) is 3.17. The molecule has 0 bridgehead atoms. The van der Waals surface area contributed by atoms with Gasteiger partial charge in [0.05, 0.1) is 6.21 Å². The summed E-state index contributed by atoms with van der Waals surface area (Å²) in [4.78, 5) is 0. The number of benzene rings is 1. The molecule has 0 saturated carbocycles. The number of hydrogen-bond donors (Lipinski definition) is 1. The van der Waals surface area contributed by atoms with Crippen LogP contribution >= 0.6 is 11.6 Å². The van der Waals surface area contributed by atoms with Crippen LogP contribution in [0.5, 0.6) is 5.75 Å². The summed E-state index contributed by atoms with van der Waals surface area (Å²) in [5.41, 5.74) is 0.668. The Morgan fingerprint density at radius 1 is 1.18 bits per heavy atom. The first-order valence-electron chi connectivity index (χ1n) is 6.03. The van der Waals surface area contributed by atoms with E-state index in [4.69, 9.17) is 11.6 Å². The number of halogens is 1. The van der Waals surface area contributed by atoms with E-state index in [0.717, 1.165) is 13.1 Å². The lowest BCUT2D eigenvalue weighted by molar-refractivity contribution is 0.302. The molecule has 1 aromatic rings. The predicted octanol–water partition coefficient (Wildman–Crippen LogP) is 3.26. The van der Waals surface area contributed by atoms with Gasteiger partial charge in [-0.25, -0.2) is 0 Å². The standard InChI is InChI=1S/C13H17ClN2O/c14-12-5-6-13(17)11(9-12)10-15-16-7-3-1-2-4-8-16/h5-6,9-10,17H,1-4,7-8H2/b15-10-. The van der Waals surface area contributed by atoms with Crippen molar-refractivity contribution in [1.82, 2.24) is 5.01 Å².